The fourth-order valence-electron chi connectivity index (χ4n) is 1.59. The summed E-state index contributed by atoms with van der Waals surface area (Å²) in [4.78, 5) is 24.2. The summed E-state index contributed by atoms with van der Waals surface area (Å²) >= 11 is 0. The molecule has 1 aliphatic rings. The zero-order chi connectivity index (χ0) is 11.5. The SMILES string of the molecule is COc1ccc(N2CCNC(=O)C2=O)cc1. The molecule has 1 aromatic rings. The molecule has 0 spiro atoms. The van der Waals surface area contributed by atoms with Gasteiger partial charge < -0.3 is 15.0 Å². The third kappa shape index (κ3) is 1.84. The molecule has 0 atom stereocenters. The van der Waals surface area contributed by atoms with Crippen LogP contribution < -0.4 is 15.0 Å². The van der Waals surface area contributed by atoms with Gasteiger partial charge in [0, 0.05) is 18.8 Å². The molecular weight excluding hydrogens is 208 g/mol. The lowest BCUT2D eigenvalue weighted by Crippen LogP contribution is -2.52. The summed E-state index contributed by atoms with van der Waals surface area (Å²) < 4.78 is 5.02. The first-order valence-electron chi connectivity index (χ1n) is 4.96. The van der Waals surface area contributed by atoms with Gasteiger partial charge in [0.15, 0.2) is 0 Å². The van der Waals surface area contributed by atoms with Crippen molar-refractivity contribution in [2.24, 2.45) is 0 Å². The topological polar surface area (TPSA) is 58.6 Å². The Morgan fingerprint density at radius 3 is 2.56 bits per heavy atom. The number of rotatable bonds is 2. The Morgan fingerprint density at radius 1 is 1.25 bits per heavy atom. The maximum atomic E-state index is 11.6. The number of piperazine rings is 1. The molecule has 0 aromatic heterocycles. The van der Waals surface area contributed by atoms with Gasteiger partial charge in [-0.1, -0.05) is 0 Å². The first-order valence-corrected chi connectivity index (χ1v) is 4.96. The number of nitrogens with one attached hydrogen (secondary N) is 1. The molecule has 5 heteroatoms. The normalized spacial score (nSPS) is 15.9. The van der Waals surface area contributed by atoms with E-state index < -0.39 is 11.8 Å². The molecule has 0 aliphatic carbocycles. The van der Waals surface area contributed by atoms with Crippen molar-refractivity contribution in [1.82, 2.24) is 5.32 Å². The maximum Gasteiger partial charge on any atom is 0.316 e. The Labute approximate surface area is 93.0 Å². The standard InChI is InChI=1S/C11H12N2O3/c1-16-9-4-2-8(3-5-9)13-7-6-12-10(14)11(13)15/h2-5H,6-7H2,1H3,(H,12,14). The van der Waals surface area contributed by atoms with Crippen molar-refractivity contribution < 1.29 is 14.3 Å². The van der Waals surface area contributed by atoms with Crippen molar-refractivity contribution >= 4 is 17.5 Å². The predicted molar refractivity (Wildman–Crippen MR) is 58.4 cm³/mol. The minimum atomic E-state index is -0.554. The van der Waals surface area contributed by atoms with E-state index in [0.717, 1.165) is 5.75 Å². The number of carbonyl (C=O) groups excluding carboxylic acids is 2. The molecule has 1 saturated heterocycles. The first kappa shape index (κ1) is 10.5. The minimum absolute atomic E-state index is 0.483. The van der Waals surface area contributed by atoms with Gasteiger partial charge in [-0.15, -0.1) is 0 Å². The van der Waals surface area contributed by atoms with Crippen LogP contribution in [-0.2, 0) is 9.59 Å². The highest BCUT2D eigenvalue weighted by Gasteiger charge is 2.26. The van der Waals surface area contributed by atoms with E-state index in [-0.39, 0.29) is 0 Å². The van der Waals surface area contributed by atoms with E-state index in [0.29, 0.717) is 18.8 Å². The van der Waals surface area contributed by atoms with Crippen molar-refractivity contribution in [2.75, 3.05) is 25.1 Å². The zero-order valence-corrected chi connectivity index (χ0v) is 8.90. The maximum absolute atomic E-state index is 11.6. The van der Waals surface area contributed by atoms with Crippen LogP contribution in [-0.4, -0.2) is 32.0 Å². The minimum Gasteiger partial charge on any atom is -0.497 e. The summed E-state index contributed by atoms with van der Waals surface area (Å²) in [5.74, 6) is -0.351. The summed E-state index contributed by atoms with van der Waals surface area (Å²) in [5, 5.41) is 2.50. The summed E-state index contributed by atoms with van der Waals surface area (Å²) in [7, 11) is 1.58. The van der Waals surface area contributed by atoms with Crippen LogP contribution in [0.2, 0.25) is 0 Å². The fraction of sp³-hybridized carbons (Fsp3) is 0.273. The molecule has 0 radical (unpaired) electrons. The molecule has 1 N–H and O–H groups in total. The van der Waals surface area contributed by atoms with Gasteiger partial charge in [0.25, 0.3) is 0 Å². The Hall–Kier alpha value is -2.04. The van der Waals surface area contributed by atoms with Gasteiger partial charge in [0.05, 0.1) is 7.11 Å². The molecule has 16 heavy (non-hydrogen) atoms. The summed E-state index contributed by atoms with van der Waals surface area (Å²) in [6, 6.07) is 7.04. The van der Waals surface area contributed by atoms with Crippen LogP contribution >= 0.6 is 0 Å². The molecular formula is C11H12N2O3. The molecule has 5 nitrogen and oxygen atoms in total. The van der Waals surface area contributed by atoms with Crippen molar-refractivity contribution in [1.29, 1.82) is 0 Å². The van der Waals surface area contributed by atoms with Crippen molar-refractivity contribution in [2.45, 2.75) is 0 Å². The highest BCUT2D eigenvalue weighted by Crippen LogP contribution is 2.19. The lowest BCUT2D eigenvalue weighted by Gasteiger charge is -2.26. The van der Waals surface area contributed by atoms with Crippen LogP contribution in [0.4, 0.5) is 5.69 Å². The lowest BCUT2D eigenvalue weighted by atomic mass is 10.2. The number of ether oxygens (including phenoxy) is 1. The van der Waals surface area contributed by atoms with Gasteiger partial charge >= 0.3 is 11.8 Å². The van der Waals surface area contributed by atoms with Crippen LogP contribution in [0.25, 0.3) is 0 Å². The van der Waals surface area contributed by atoms with Gasteiger partial charge in [0.2, 0.25) is 0 Å². The second-order valence-corrected chi connectivity index (χ2v) is 3.41. The van der Waals surface area contributed by atoms with Crippen molar-refractivity contribution in [3.8, 4) is 5.75 Å². The second kappa shape index (κ2) is 4.22. The number of hydrogen-bond acceptors (Lipinski definition) is 3. The third-order valence-electron chi connectivity index (χ3n) is 2.44. The zero-order valence-electron chi connectivity index (χ0n) is 8.90. The predicted octanol–water partition coefficient (Wildman–Crippen LogP) is 0.158. The van der Waals surface area contributed by atoms with E-state index in [2.05, 4.69) is 5.32 Å². The summed E-state index contributed by atoms with van der Waals surface area (Å²) in [6.45, 7) is 0.980. The molecule has 84 valence electrons. The Balaban J connectivity index is 2.22. The Morgan fingerprint density at radius 2 is 1.94 bits per heavy atom. The molecule has 0 saturated carbocycles. The molecule has 2 rings (SSSR count). The molecule has 1 fully saturated rings. The van der Waals surface area contributed by atoms with E-state index in [1.807, 2.05) is 0 Å². The van der Waals surface area contributed by atoms with Crippen LogP contribution in [0.5, 0.6) is 5.75 Å². The molecule has 1 heterocycles. The Kier molecular flexibility index (Phi) is 2.76. The van der Waals surface area contributed by atoms with E-state index in [4.69, 9.17) is 4.74 Å². The second-order valence-electron chi connectivity index (χ2n) is 3.41. The monoisotopic (exact) mass is 220 g/mol. The lowest BCUT2D eigenvalue weighted by molar-refractivity contribution is -0.138. The number of anilines is 1. The number of carbonyl (C=O) groups is 2. The average Bonchev–Trinajstić information content (AvgIpc) is 2.33. The van der Waals surface area contributed by atoms with E-state index in [1.165, 1.54) is 4.90 Å². The van der Waals surface area contributed by atoms with Gasteiger partial charge in [-0.05, 0) is 24.3 Å². The fourth-order valence-corrected chi connectivity index (χ4v) is 1.59. The van der Waals surface area contributed by atoms with E-state index in [9.17, 15) is 9.59 Å². The Bertz CT molecular complexity index is 414. The summed E-state index contributed by atoms with van der Waals surface area (Å²) in [5.41, 5.74) is 0.709. The van der Waals surface area contributed by atoms with Crippen LogP contribution in [0, 0.1) is 0 Å². The van der Waals surface area contributed by atoms with Crippen molar-refractivity contribution in [3.05, 3.63) is 24.3 Å². The molecule has 1 aromatic carbocycles. The van der Waals surface area contributed by atoms with E-state index >= 15 is 0 Å². The third-order valence-corrected chi connectivity index (χ3v) is 2.44. The summed E-state index contributed by atoms with van der Waals surface area (Å²) in [6.07, 6.45) is 0. The van der Waals surface area contributed by atoms with Gasteiger partial charge in [-0.3, -0.25) is 9.59 Å². The molecule has 2 amide bonds. The van der Waals surface area contributed by atoms with E-state index in [1.54, 1.807) is 31.4 Å². The average molecular weight is 220 g/mol. The molecule has 0 bridgehead atoms. The number of benzene rings is 1. The van der Waals surface area contributed by atoms with Gasteiger partial charge in [0.1, 0.15) is 5.75 Å². The van der Waals surface area contributed by atoms with Gasteiger partial charge in [-0.2, -0.15) is 0 Å². The molecule has 1 aliphatic heterocycles. The van der Waals surface area contributed by atoms with Crippen LogP contribution in [0.15, 0.2) is 24.3 Å². The number of nitrogens with zero attached hydrogens (tertiary/aromatic N) is 1. The number of methoxy groups -OCH3 is 1. The smallest absolute Gasteiger partial charge is 0.316 e. The quantitative estimate of drug-likeness (QED) is 0.722. The molecule has 0 unspecified atom stereocenters. The highest BCUT2D eigenvalue weighted by molar-refractivity contribution is 6.41. The van der Waals surface area contributed by atoms with Crippen molar-refractivity contribution in [3.63, 3.8) is 0 Å². The number of amides is 2. The largest absolute Gasteiger partial charge is 0.497 e. The van der Waals surface area contributed by atoms with Gasteiger partial charge in [-0.25, -0.2) is 0 Å². The van der Waals surface area contributed by atoms with Crippen LogP contribution in [0.3, 0.4) is 0 Å². The highest BCUT2D eigenvalue weighted by atomic mass is 16.5. The first-order chi connectivity index (χ1) is 7.72. The van der Waals surface area contributed by atoms with Crippen LogP contribution in [0.1, 0.15) is 0 Å². The number of hydrogen-bond donors (Lipinski definition) is 1.